The molecule has 114 valence electrons. The summed E-state index contributed by atoms with van der Waals surface area (Å²) in [6.45, 7) is 6.44. The first-order valence-corrected chi connectivity index (χ1v) is 7.28. The van der Waals surface area contributed by atoms with Crippen molar-refractivity contribution in [2.45, 2.75) is 39.2 Å². The van der Waals surface area contributed by atoms with Gasteiger partial charge in [0.25, 0.3) is 5.91 Å². The Kier molecular flexibility index (Phi) is 4.21. The largest absolute Gasteiger partial charge is 0.508 e. The molecule has 1 unspecified atom stereocenters. The van der Waals surface area contributed by atoms with E-state index in [0.29, 0.717) is 25.3 Å². The Morgan fingerprint density at radius 3 is 2.76 bits per heavy atom. The Hall–Kier alpha value is -2.04. The molecule has 0 saturated carbocycles. The van der Waals surface area contributed by atoms with Gasteiger partial charge in [0, 0.05) is 6.54 Å². The minimum Gasteiger partial charge on any atom is -0.508 e. The minimum absolute atomic E-state index is 0.0404. The summed E-state index contributed by atoms with van der Waals surface area (Å²) >= 11 is 0. The maximum absolute atomic E-state index is 12.5. The molecule has 0 aliphatic carbocycles. The lowest BCUT2D eigenvalue weighted by atomic mass is 9.91. The number of guanidine groups is 1. The van der Waals surface area contributed by atoms with Crippen molar-refractivity contribution in [1.29, 1.82) is 5.41 Å². The van der Waals surface area contributed by atoms with Crippen molar-refractivity contribution >= 4 is 11.9 Å². The van der Waals surface area contributed by atoms with Crippen LogP contribution in [0.3, 0.4) is 0 Å². The van der Waals surface area contributed by atoms with Crippen molar-refractivity contribution in [3.05, 3.63) is 29.8 Å². The Bertz CT molecular complexity index is 556. The molecule has 1 aromatic rings. The van der Waals surface area contributed by atoms with Gasteiger partial charge in [-0.1, -0.05) is 26.0 Å². The molecule has 0 aromatic heterocycles. The second-order valence-electron chi connectivity index (χ2n) is 6.28. The third-order valence-electron chi connectivity index (χ3n) is 3.73. The highest BCUT2D eigenvalue weighted by Crippen LogP contribution is 2.25. The van der Waals surface area contributed by atoms with Gasteiger partial charge in [0.2, 0.25) is 0 Å². The molecule has 0 spiro atoms. The Morgan fingerprint density at radius 1 is 1.43 bits per heavy atom. The van der Waals surface area contributed by atoms with E-state index >= 15 is 0 Å². The van der Waals surface area contributed by atoms with Gasteiger partial charge in [-0.2, -0.15) is 0 Å². The summed E-state index contributed by atoms with van der Waals surface area (Å²) in [5.41, 5.74) is 0.275. The highest BCUT2D eigenvalue weighted by atomic mass is 16.3. The molecule has 3 N–H and O–H groups in total. The van der Waals surface area contributed by atoms with Crippen LogP contribution in [0.15, 0.2) is 24.3 Å². The normalized spacial score (nSPS) is 22.0. The van der Waals surface area contributed by atoms with Crippen LogP contribution in [-0.2, 0) is 11.2 Å². The van der Waals surface area contributed by atoms with Gasteiger partial charge in [-0.05, 0) is 43.4 Å². The molecule has 1 amide bonds. The van der Waals surface area contributed by atoms with E-state index in [4.69, 9.17) is 5.41 Å². The second-order valence-corrected chi connectivity index (χ2v) is 6.28. The number of hydrogen-bond acceptors (Lipinski definition) is 3. The van der Waals surface area contributed by atoms with Crippen molar-refractivity contribution in [3.63, 3.8) is 0 Å². The Balaban J connectivity index is 2.04. The average Bonchev–Trinajstić information content (AvgIpc) is 2.57. The molecular weight excluding hydrogens is 266 g/mol. The summed E-state index contributed by atoms with van der Waals surface area (Å²) in [4.78, 5) is 14.0. The lowest BCUT2D eigenvalue weighted by Gasteiger charge is -2.24. The maximum Gasteiger partial charge on any atom is 0.254 e. The number of nitrogens with one attached hydrogen (secondary N) is 2. The quantitative estimate of drug-likeness (QED) is 0.777. The Labute approximate surface area is 125 Å². The van der Waals surface area contributed by atoms with E-state index in [1.165, 1.54) is 4.90 Å². The summed E-state index contributed by atoms with van der Waals surface area (Å²) < 4.78 is 0. The lowest BCUT2D eigenvalue weighted by Crippen LogP contribution is -2.45. The summed E-state index contributed by atoms with van der Waals surface area (Å²) in [7, 11) is 0. The van der Waals surface area contributed by atoms with Gasteiger partial charge in [-0.25, -0.2) is 0 Å². The first-order valence-electron chi connectivity index (χ1n) is 7.28. The molecule has 5 heteroatoms. The number of benzene rings is 1. The fraction of sp³-hybridized carbons (Fsp3) is 0.500. The van der Waals surface area contributed by atoms with Gasteiger partial charge in [-0.3, -0.25) is 15.1 Å². The zero-order chi connectivity index (χ0) is 15.6. The van der Waals surface area contributed by atoms with Gasteiger partial charge >= 0.3 is 0 Å². The summed E-state index contributed by atoms with van der Waals surface area (Å²) in [6, 6.07) is 6.99. The van der Waals surface area contributed by atoms with Crippen molar-refractivity contribution in [2.75, 3.05) is 6.54 Å². The zero-order valence-corrected chi connectivity index (χ0v) is 12.8. The van der Waals surface area contributed by atoms with Crippen molar-refractivity contribution in [1.82, 2.24) is 10.2 Å². The minimum atomic E-state index is -0.677. The van der Waals surface area contributed by atoms with Crippen LogP contribution in [0, 0.1) is 11.3 Å². The molecule has 1 atom stereocenters. The average molecular weight is 289 g/mol. The maximum atomic E-state index is 12.5. The topological polar surface area (TPSA) is 76.4 Å². The standard InChI is InChI=1S/C16H23N3O2/c1-11(2)10-16(3)14(21)19(15(17)18-16)8-7-12-5-4-6-13(20)9-12/h4-6,9,11,20H,7-8,10H2,1-3H3,(H2,17,18). The first-order chi connectivity index (χ1) is 9.82. The van der Waals surface area contributed by atoms with E-state index in [-0.39, 0.29) is 17.6 Å². The molecule has 1 saturated heterocycles. The van der Waals surface area contributed by atoms with Gasteiger partial charge in [-0.15, -0.1) is 0 Å². The second kappa shape index (κ2) is 5.76. The lowest BCUT2D eigenvalue weighted by molar-refractivity contribution is -0.131. The number of phenols is 1. The van der Waals surface area contributed by atoms with Gasteiger partial charge in [0.1, 0.15) is 11.3 Å². The molecule has 21 heavy (non-hydrogen) atoms. The van der Waals surface area contributed by atoms with Crippen LogP contribution in [0.1, 0.15) is 32.8 Å². The van der Waals surface area contributed by atoms with Crippen LogP contribution >= 0.6 is 0 Å². The zero-order valence-electron chi connectivity index (χ0n) is 12.8. The van der Waals surface area contributed by atoms with Gasteiger partial charge in [0.15, 0.2) is 5.96 Å². The van der Waals surface area contributed by atoms with Crippen LogP contribution in [0.2, 0.25) is 0 Å². The number of hydrogen-bond donors (Lipinski definition) is 3. The van der Waals surface area contributed by atoms with Crippen molar-refractivity contribution in [3.8, 4) is 5.75 Å². The molecule has 1 aliphatic heterocycles. The van der Waals surface area contributed by atoms with E-state index in [9.17, 15) is 9.90 Å². The van der Waals surface area contributed by atoms with Crippen LogP contribution in [0.25, 0.3) is 0 Å². The van der Waals surface area contributed by atoms with E-state index in [1.807, 2.05) is 13.0 Å². The molecule has 1 heterocycles. The van der Waals surface area contributed by atoms with Gasteiger partial charge < -0.3 is 10.4 Å². The Morgan fingerprint density at radius 2 is 2.14 bits per heavy atom. The molecule has 1 fully saturated rings. The number of aromatic hydroxyl groups is 1. The number of carbonyl (C=O) groups excluding carboxylic acids is 1. The number of rotatable bonds is 5. The number of carbonyl (C=O) groups is 1. The van der Waals surface area contributed by atoms with Crippen molar-refractivity contribution < 1.29 is 9.90 Å². The molecule has 1 aliphatic rings. The highest BCUT2D eigenvalue weighted by Gasteiger charge is 2.45. The highest BCUT2D eigenvalue weighted by molar-refractivity contribution is 6.07. The van der Waals surface area contributed by atoms with E-state index in [2.05, 4.69) is 19.2 Å². The molecule has 0 radical (unpaired) electrons. The smallest absolute Gasteiger partial charge is 0.254 e. The molecule has 1 aromatic carbocycles. The van der Waals surface area contributed by atoms with Gasteiger partial charge in [0.05, 0.1) is 0 Å². The van der Waals surface area contributed by atoms with Crippen LogP contribution in [0.4, 0.5) is 0 Å². The monoisotopic (exact) mass is 289 g/mol. The fourth-order valence-corrected chi connectivity index (χ4v) is 2.90. The molecule has 2 rings (SSSR count). The van der Waals surface area contributed by atoms with Crippen LogP contribution in [0.5, 0.6) is 5.75 Å². The summed E-state index contributed by atoms with van der Waals surface area (Å²) in [5, 5.41) is 20.5. The number of phenolic OH excluding ortho intramolecular Hbond substituents is 1. The fourth-order valence-electron chi connectivity index (χ4n) is 2.90. The van der Waals surface area contributed by atoms with E-state index < -0.39 is 5.54 Å². The van der Waals surface area contributed by atoms with E-state index in [1.54, 1.807) is 18.2 Å². The van der Waals surface area contributed by atoms with Crippen LogP contribution < -0.4 is 5.32 Å². The molecule has 5 nitrogen and oxygen atoms in total. The summed E-state index contributed by atoms with van der Waals surface area (Å²) in [6.07, 6.45) is 1.32. The molecule has 0 bridgehead atoms. The van der Waals surface area contributed by atoms with E-state index in [0.717, 1.165) is 5.56 Å². The third-order valence-corrected chi connectivity index (χ3v) is 3.73. The third kappa shape index (κ3) is 3.35. The number of nitrogens with zero attached hydrogens (tertiary/aromatic N) is 1. The predicted molar refractivity (Wildman–Crippen MR) is 82.2 cm³/mol. The number of amides is 1. The first kappa shape index (κ1) is 15.4. The molecular formula is C16H23N3O2. The van der Waals surface area contributed by atoms with Crippen LogP contribution in [-0.4, -0.2) is 34.0 Å². The van der Waals surface area contributed by atoms with Crippen molar-refractivity contribution in [2.24, 2.45) is 5.92 Å². The SMILES string of the molecule is CC(C)CC1(C)NC(=N)N(CCc2cccc(O)c2)C1=O. The summed E-state index contributed by atoms with van der Waals surface area (Å²) in [5.74, 6) is 0.730. The predicted octanol–water partition coefficient (Wildman–Crippen LogP) is 2.11.